The average molecular weight is 409 g/mol. The summed E-state index contributed by atoms with van der Waals surface area (Å²) in [6.07, 6.45) is 5.52. The summed E-state index contributed by atoms with van der Waals surface area (Å²) in [5, 5.41) is 0. The second kappa shape index (κ2) is 9.25. The van der Waals surface area contributed by atoms with Crippen molar-refractivity contribution in [1.29, 1.82) is 0 Å². The Labute approximate surface area is 179 Å². The van der Waals surface area contributed by atoms with Crippen LogP contribution in [0.5, 0.6) is 0 Å². The second-order valence-electron chi connectivity index (χ2n) is 8.67. The van der Waals surface area contributed by atoms with E-state index in [9.17, 15) is 4.79 Å². The number of likely N-dealkylation sites (N-methyl/N-ethyl adjacent to an activating group) is 1. The van der Waals surface area contributed by atoms with Gasteiger partial charge >= 0.3 is 0 Å². The third-order valence-electron chi connectivity index (χ3n) is 6.49. The van der Waals surface area contributed by atoms with Crippen molar-refractivity contribution < 1.29 is 9.53 Å². The first kappa shape index (κ1) is 21.0. The Morgan fingerprint density at radius 3 is 2.37 bits per heavy atom. The lowest BCUT2D eigenvalue weighted by Crippen LogP contribution is -2.62. The van der Waals surface area contributed by atoms with Gasteiger partial charge in [-0.05, 0) is 62.3 Å². The molecule has 160 valence electrons. The lowest BCUT2D eigenvalue weighted by molar-refractivity contribution is -0.0927. The van der Waals surface area contributed by atoms with Gasteiger partial charge in [-0.2, -0.15) is 0 Å². The number of carbonyl (C=O) groups is 1. The average Bonchev–Trinajstić information content (AvgIpc) is 2.79. The van der Waals surface area contributed by atoms with Gasteiger partial charge < -0.3 is 14.5 Å². The molecule has 6 nitrogen and oxygen atoms in total. The van der Waals surface area contributed by atoms with Crippen LogP contribution in [0.4, 0.5) is 0 Å². The van der Waals surface area contributed by atoms with Gasteiger partial charge in [0.25, 0.3) is 5.91 Å². The Morgan fingerprint density at radius 1 is 1.03 bits per heavy atom. The van der Waals surface area contributed by atoms with Crippen LogP contribution in [0, 0.1) is 0 Å². The van der Waals surface area contributed by atoms with Gasteiger partial charge in [0.15, 0.2) is 0 Å². The Bertz CT molecular complexity index is 830. The van der Waals surface area contributed by atoms with Gasteiger partial charge in [-0.1, -0.05) is 12.1 Å². The van der Waals surface area contributed by atoms with Crippen LogP contribution in [0.3, 0.4) is 0 Å². The highest BCUT2D eigenvalue weighted by Gasteiger charge is 2.42. The van der Waals surface area contributed by atoms with E-state index in [0.717, 1.165) is 75.5 Å². The molecule has 0 saturated carbocycles. The van der Waals surface area contributed by atoms with Gasteiger partial charge in [0, 0.05) is 56.2 Å². The number of likely N-dealkylation sites (tertiary alicyclic amines) is 1. The second-order valence-corrected chi connectivity index (χ2v) is 8.67. The molecule has 4 rings (SSSR count). The summed E-state index contributed by atoms with van der Waals surface area (Å²) in [5.41, 5.74) is 3.05. The van der Waals surface area contributed by atoms with Crippen molar-refractivity contribution in [1.82, 2.24) is 19.7 Å². The number of piperidine rings is 1. The summed E-state index contributed by atoms with van der Waals surface area (Å²) in [7, 11) is 4.24. The Kier molecular flexibility index (Phi) is 6.46. The summed E-state index contributed by atoms with van der Waals surface area (Å²) >= 11 is 0. The van der Waals surface area contributed by atoms with E-state index >= 15 is 0 Å². The zero-order chi connectivity index (χ0) is 21.0. The molecule has 6 heteroatoms. The lowest BCUT2D eigenvalue weighted by Gasteiger charge is -2.51. The van der Waals surface area contributed by atoms with Crippen LogP contribution in [0.2, 0.25) is 0 Å². The van der Waals surface area contributed by atoms with E-state index in [1.807, 2.05) is 41.3 Å². The maximum atomic E-state index is 13.1. The fourth-order valence-corrected chi connectivity index (χ4v) is 4.55. The summed E-state index contributed by atoms with van der Waals surface area (Å²) < 4.78 is 5.87. The van der Waals surface area contributed by atoms with Gasteiger partial charge in [0.2, 0.25) is 0 Å². The fourth-order valence-electron chi connectivity index (χ4n) is 4.55. The number of benzene rings is 1. The van der Waals surface area contributed by atoms with Crippen molar-refractivity contribution >= 4 is 5.91 Å². The van der Waals surface area contributed by atoms with E-state index in [0.29, 0.717) is 0 Å². The maximum Gasteiger partial charge on any atom is 0.253 e. The van der Waals surface area contributed by atoms with Crippen molar-refractivity contribution in [3.8, 4) is 11.1 Å². The molecular formula is C24H32N4O2. The monoisotopic (exact) mass is 408 g/mol. The molecule has 30 heavy (non-hydrogen) atoms. The number of carbonyl (C=O) groups excluding carboxylic acids is 1. The standard InChI is InChI=1S/C24H32N4O2/c1-26(2)15-16-28-17-18-30-19-24(28)9-13-27(14-10-24)23(29)22-5-3-20(4-6-22)21-7-11-25-12-8-21/h3-8,11-12H,9-10,13-19H2,1-2H3. The van der Waals surface area contributed by atoms with Crippen LogP contribution in [0.15, 0.2) is 48.8 Å². The van der Waals surface area contributed by atoms with Crippen LogP contribution in [0.25, 0.3) is 11.1 Å². The van der Waals surface area contributed by atoms with Crippen LogP contribution < -0.4 is 0 Å². The number of morpholine rings is 1. The quantitative estimate of drug-likeness (QED) is 0.761. The Morgan fingerprint density at radius 2 is 1.70 bits per heavy atom. The first-order chi connectivity index (χ1) is 14.6. The van der Waals surface area contributed by atoms with Gasteiger partial charge in [-0.3, -0.25) is 14.7 Å². The van der Waals surface area contributed by atoms with Crippen molar-refractivity contribution in [2.45, 2.75) is 18.4 Å². The molecule has 2 saturated heterocycles. The normalized spacial score (nSPS) is 19.4. The van der Waals surface area contributed by atoms with E-state index < -0.39 is 0 Å². The molecule has 2 aliphatic heterocycles. The largest absolute Gasteiger partial charge is 0.378 e. The molecular weight excluding hydrogens is 376 g/mol. The van der Waals surface area contributed by atoms with Crippen molar-refractivity contribution in [2.75, 3.05) is 60.0 Å². The number of ether oxygens (including phenoxy) is 1. The number of hydrogen-bond donors (Lipinski definition) is 0. The molecule has 1 spiro atoms. The molecule has 0 N–H and O–H groups in total. The van der Waals surface area contributed by atoms with E-state index in [2.05, 4.69) is 28.9 Å². The molecule has 0 bridgehead atoms. The topological polar surface area (TPSA) is 48.9 Å². The fraction of sp³-hybridized carbons (Fsp3) is 0.500. The molecule has 0 radical (unpaired) electrons. The molecule has 1 aromatic carbocycles. The predicted octanol–water partition coefficient (Wildman–Crippen LogP) is 2.62. The minimum atomic E-state index is 0.0796. The van der Waals surface area contributed by atoms with Crippen molar-refractivity contribution in [2.24, 2.45) is 0 Å². The van der Waals surface area contributed by atoms with Crippen LogP contribution >= 0.6 is 0 Å². The third-order valence-corrected chi connectivity index (χ3v) is 6.49. The highest BCUT2D eigenvalue weighted by Crippen LogP contribution is 2.32. The summed E-state index contributed by atoms with van der Waals surface area (Å²) in [4.78, 5) is 24.0. The minimum absolute atomic E-state index is 0.0796. The zero-order valence-corrected chi connectivity index (χ0v) is 18.1. The molecule has 2 aliphatic rings. The molecule has 2 aromatic rings. The van der Waals surface area contributed by atoms with Gasteiger partial charge in [-0.25, -0.2) is 0 Å². The zero-order valence-electron chi connectivity index (χ0n) is 18.1. The number of aromatic nitrogens is 1. The minimum Gasteiger partial charge on any atom is -0.378 e. The predicted molar refractivity (Wildman–Crippen MR) is 118 cm³/mol. The molecule has 1 aromatic heterocycles. The first-order valence-corrected chi connectivity index (χ1v) is 10.8. The highest BCUT2D eigenvalue weighted by molar-refractivity contribution is 5.94. The van der Waals surface area contributed by atoms with Gasteiger partial charge in [0.1, 0.15) is 0 Å². The molecule has 2 fully saturated rings. The lowest BCUT2D eigenvalue weighted by atomic mass is 9.85. The molecule has 0 unspecified atom stereocenters. The van der Waals surface area contributed by atoms with E-state index in [-0.39, 0.29) is 11.4 Å². The molecule has 0 atom stereocenters. The number of amides is 1. The Balaban J connectivity index is 1.39. The first-order valence-electron chi connectivity index (χ1n) is 10.8. The van der Waals surface area contributed by atoms with Crippen molar-refractivity contribution in [3.05, 3.63) is 54.4 Å². The van der Waals surface area contributed by atoms with Crippen LogP contribution in [0.1, 0.15) is 23.2 Å². The van der Waals surface area contributed by atoms with Crippen LogP contribution in [-0.2, 0) is 4.74 Å². The smallest absolute Gasteiger partial charge is 0.253 e. The van der Waals surface area contributed by atoms with E-state index in [4.69, 9.17) is 4.74 Å². The maximum absolute atomic E-state index is 13.1. The highest BCUT2D eigenvalue weighted by atomic mass is 16.5. The van der Waals surface area contributed by atoms with Gasteiger partial charge in [-0.15, -0.1) is 0 Å². The molecule has 3 heterocycles. The van der Waals surface area contributed by atoms with Gasteiger partial charge in [0.05, 0.1) is 13.2 Å². The SMILES string of the molecule is CN(C)CCN1CCOCC12CCN(C(=O)c1ccc(-c3ccncc3)cc1)CC2. The summed E-state index contributed by atoms with van der Waals surface area (Å²) in [6, 6.07) is 11.9. The third kappa shape index (κ3) is 4.56. The number of pyridine rings is 1. The summed E-state index contributed by atoms with van der Waals surface area (Å²) in [6.45, 7) is 6.25. The molecule has 1 amide bonds. The van der Waals surface area contributed by atoms with Crippen LogP contribution in [-0.4, -0.2) is 91.2 Å². The number of hydrogen-bond acceptors (Lipinski definition) is 5. The molecule has 0 aliphatic carbocycles. The van der Waals surface area contributed by atoms with Crippen molar-refractivity contribution in [3.63, 3.8) is 0 Å². The Hall–Kier alpha value is -2.28. The van der Waals surface area contributed by atoms with E-state index in [1.54, 1.807) is 12.4 Å². The van der Waals surface area contributed by atoms with E-state index in [1.165, 1.54) is 0 Å². The number of rotatable bonds is 5. The number of nitrogens with zero attached hydrogens (tertiary/aromatic N) is 4. The summed E-state index contributed by atoms with van der Waals surface area (Å²) in [5.74, 6) is 0.127.